The van der Waals surface area contributed by atoms with Crippen molar-refractivity contribution in [1.29, 1.82) is 5.26 Å². The molecule has 0 spiro atoms. The molecule has 1 aliphatic carbocycles. The highest BCUT2D eigenvalue weighted by molar-refractivity contribution is 6.00. The Morgan fingerprint density at radius 3 is 2.86 bits per heavy atom. The molecule has 6 nitrogen and oxygen atoms in total. The van der Waals surface area contributed by atoms with Crippen molar-refractivity contribution in [3.05, 3.63) is 54.9 Å². The van der Waals surface area contributed by atoms with Crippen molar-refractivity contribution in [2.24, 2.45) is 11.8 Å². The second-order valence-electron chi connectivity index (χ2n) is 7.20. The maximum absolute atomic E-state index is 12.2. The van der Waals surface area contributed by atoms with E-state index in [1.165, 1.54) is 0 Å². The average molecular weight is 367 g/mol. The summed E-state index contributed by atoms with van der Waals surface area (Å²) in [6.07, 6.45) is 4.21. The normalized spacial score (nSPS) is 18.1. The van der Waals surface area contributed by atoms with Gasteiger partial charge in [0.05, 0.1) is 17.9 Å². The Kier molecular flexibility index (Phi) is 3.56. The van der Waals surface area contributed by atoms with Gasteiger partial charge in [-0.15, -0.1) is 0 Å². The molecule has 4 aromatic rings. The quantitative estimate of drug-likeness (QED) is 0.474. The Morgan fingerprint density at radius 1 is 1.18 bits per heavy atom. The first-order valence-corrected chi connectivity index (χ1v) is 9.09. The number of hydrogen-bond donors (Lipinski definition) is 3. The van der Waals surface area contributed by atoms with Crippen LogP contribution in [0, 0.1) is 23.2 Å². The molecule has 2 heterocycles. The van der Waals surface area contributed by atoms with Crippen LogP contribution in [0.3, 0.4) is 0 Å². The summed E-state index contributed by atoms with van der Waals surface area (Å²) in [5.74, 6) is -0.0859. The van der Waals surface area contributed by atoms with Crippen molar-refractivity contribution in [3.63, 3.8) is 0 Å². The maximum atomic E-state index is 12.2. The number of nitrogens with zero attached hydrogens (tertiary/aromatic N) is 2. The number of carbonyl (C=O) groups excluding carboxylic acids is 1. The second-order valence-corrected chi connectivity index (χ2v) is 7.20. The van der Waals surface area contributed by atoms with Gasteiger partial charge in [-0.3, -0.25) is 4.79 Å². The van der Waals surface area contributed by atoms with Crippen LogP contribution in [0.4, 0.5) is 11.5 Å². The van der Waals surface area contributed by atoms with Crippen molar-refractivity contribution in [1.82, 2.24) is 9.97 Å². The van der Waals surface area contributed by atoms with E-state index in [0.717, 1.165) is 32.8 Å². The topological polar surface area (TPSA) is 108 Å². The smallest absolute Gasteiger partial charge is 0.230 e. The number of aromatic amines is 1. The molecule has 2 aromatic carbocycles. The summed E-state index contributed by atoms with van der Waals surface area (Å²) in [6.45, 7) is 0. The molecule has 1 saturated carbocycles. The number of carbonyl (C=O) groups is 1. The van der Waals surface area contributed by atoms with E-state index in [0.29, 0.717) is 17.9 Å². The second kappa shape index (κ2) is 6.10. The van der Waals surface area contributed by atoms with Crippen LogP contribution in [-0.4, -0.2) is 15.9 Å². The fraction of sp³-hybridized carbons (Fsp3) is 0.136. The van der Waals surface area contributed by atoms with E-state index in [4.69, 9.17) is 11.0 Å². The minimum atomic E-state index is -0.230. The van der Waals surface area contributed by atoms with Crippen LogP contribution in [0.15, 0.2) is 54.9 Å². The van der Waals surface area contributed by atoms with Crippen molar-refractivity contribution in [2.75, 3.05) is 11.1 Å². The lowest BCUT2D eigenvalue weighted by atomic mass is 10.00. The fourth-order valence-corrected chi connectivity index (χ4v) is 3.60. The maximum Gasteiger partial charge on any atom is 0.230 e. The van der Waals surface area contributed by atoms with E-state index in [9.17, 15) is 4.79 Å². The van der Waals surface area contributed by atoms with Gasteiger partial charge in [0.25, 0.3) is 0 Å². The minimum absolute atomic E-state index is 0.152. The zero-order valence-electron chi connectivity index (χ0n) is 14.9. The number of hydrogen-bond acceptors (Lipinski definition) is 4. The Hall–Kier alpha value is -3.85. The molecule has 5 rings (SSSR count). The molecule has 1 aliphatic rings. The monoisotopic (exact) mass is 367 g/mol. The molecule has 0 saturated heterocycles. The molecule has 0 unspecified atom stereocenters. The van der Waals surface area contributed by atoms with Gasteiger partial charge in [-0.25, -0.2) is 4.98 Å². The van der Waals surface area contributed by atoms with E-state index < -0.39 is 0 Å². The number of pyridine rings is 1. The Balaban J connectivity index is 1.51. The summed E-state index contributed by atoms with van der Waals surface area (Å²) in [7, 11) is 0. The van der Waals surface area contributed by atoms with Gasteiger partial charge in [0, 0.05) is 29.0 Å². The number of amides is 1. The third-order valence-electron chi connectivity index (χ3n) is 5.30. The van der Waals surface area contributed by atoms with E-state index >= 15 is 0 Å². The molecular weight excluding hydrogens is 350 g/mol. The molecule has 0 radical (unpaired) electrons. The van der Waals surface area contributed by atoms with Crippen LogP contribution in [0.25, 0.3) is 32.8 Å². The summed E-state index contributed by atoms with van der Waals surface area (Å²) >= 11 is 0. The standard InChI is InChI=1S/C22H17N5O/c23-10-16-7-17(16)22(28)27-21-9-15-6-14(8-19(24)18(15)11-26-21)12-1-2-20-13(5-12)3-4-25-20/h1-6,8-9,11,16-17,25H,7,24H2,(H,26,27,28)/t16-,17+/m0/s1. The predicted octanol–water partition coefficient (Wildman–Crippen LogP) is 4.06. The van der Waals surface area contributed by atoms with Crippen LogP contribution in [0.1, 0.15) is 6.42 Å². The molecule has 2 aromatic heterocycles. The fourth-order valence-electron chi connectivity index (χ4n) is 3.60. The van der Waals surface area contributed by atoms with Gasteiger partial charge in [0.15, 0.2) is 0 Å². The summed E-state index contributed by atoms with van der Waals surface area (Å²) < 4.78 is 0. The highest BCUT2D eigenvalue weighted by Gasteiger charge is 2.43. The highest BCUT2D eigenvalue weighted by atomic mass is 16.2. The van der Waals surface area contributed by atoms with Gasteiger partial charge in [-0.1, -0.05) is 6.07 Å². The summed E-state index contributed by atoms with van der Waals surface area (Å²) in [5, 5.41) is 14.6. The first-order chi connectivity index (χ1) is 13.6. The van der Waals surface area contributed by atoms with Crippen LogP contribution in [0.5, 0.6) is 0 Å². The third kappa shape index (κ3) is 2.74. The number of nitriles is 1. The number of H-pyrrole nitrogens is 1. The molecule has 136 valence electrons. The first-order valence-electron chi connectivity index (χ1n) is 9.09. The van der Waals surface area contributed by atoms with Gasteiger partial charge in [-0.2, -0.15) is 5.26 Å². The lowest BCUT2D eigenvalue weighted by molar-refractivity contribution is -0.117. The first kappa shape index (κ1) is 16.3. The van der Waals surface area contributed by atoms with Gasteiger partial charge in [0.2, 0.25) is 5.91 Å². The number of nitrogen functional groups attached to an aromatic ring is 1. The molecule has 1 amide bonds. The van der Waals surface area contributed by atoms with E-state index in [1.54, 1.807) is 6.20 Å². The van der Waals surface area contributed by atoms with E-state index in [2.05, 4.69) is 33.5 Å². The zero-order chi connectivity index (χ0) is 19.3. The Labute approximate surface area is 161 Å². The Morgan fingerprint density at radius 2 is 2.04 bits per heavy atom. The Bertz CT molecular complexity index is 1280. The summed E-state index contributed by atoms with van der Waals surface area (Å²) in [4.78, 5) is 19.7. The number of anilines is 2. The number of benzene rings is 2. The van der Waals surface area contributed by atoms with Crippen LogP contribution in [0.2, 0.25) is 0 Å². The molecule has 0 bridgehead atoms. The van der Waals surface area contributed by atoms with E-state index in [1.807, 2.05) is 36.5 Å². The molecule has 2 atom stereocenters. The molecule has 6 heteroatoms. The van der Waals surface area contributed by atoms with Crippen molar-refractivity contribution < 1.29 is 4.79 Å². The van der Waals surface area contributed by atoms with Crippen molar-refractivity contribution >= 4 is 39.1 Å². The molecule has 28 heavy (non-hydrogen) atoms. The number of fused-ring (bicyclic) bond motifs is 2. The van der Waals surface area contributed by atoms with Gasteiger partial charge in [-0.05, 0) is 64.7 Å². The van der Waals surface area contributed by atoms with Gasteiger partial charge in [0.1, 0.15) is 5.82 Å². The molecular formula is C22H17N5O. The number of nitrogens with one attached hydrogen (secondary N) is 2. The van der Waals surface area contributed by atoms with Crippen LogP contribution in [-0.2, 0) is 4.79 Å². The number of nitrogens with two attached hydrogens (primary N) is 1. The number of rotatable bonds is 3. The minimum Gasteiger partial charge on any atom is -0.398 e. The number of aromatic nitrogens is 2. The highest BCUT2D eigenvalue weighted by Crippen LogP contribution is 2.38. The SMILES string of the molecule is N#C[C@@H]1C[C@H]1C(=O)Nc1cc2cc(-c3ccc4[nH]ccc4c3)cc(N)c2cn1. The third-order valence-corrected chi connectivity index (χ3v) is 5.30. The van der Waals surface area contributed by atoms with Gasteiger partial charge >= 0.3 is 0 Å². The van der Waals surface area contributed by atoms with Crippen LogP contribution < -0.4 is 11.1 Å². The zero-order valence-corrected chi connectivity index (χ0v) is 14.9. The van der Waals surface area contributed by atoms with Crippen LogP contribution >= 0.6 is 0 Å². The van der Waals surface area contributed by atoms with Crippen molar-refractivity contribution in [2.45, 2.75) is 6.42 Å². The summed E-state index contributed by atoms with van der Waals surface area (Å²) in [6, 6.07) is 16.2. The predicted molar refractivity (Wildman–Crippen MR) is 109 cm³/mol. The molecule has 0 aliphatic heterocycles. The lowest BCUT2D eigenvalue weighted by Crippen LogP contribution is -2.15. The van der Waals surface area contributed by atoms with E-state index in [-0.39, 0.29) is 17.7 Å². The summed E-state index contributed by atoms with van der Waals surface area (Å²) in [5.41, 5.74) is 10.1. The lowest BCUT2D eigenvalue weighted by Gasteiger charge is -2.10. The average Bonchev–Trinajstić information content (AvgIpc) is 3.35. The molecule has 4 N–H and O–H groups in total. The van der Waals surface area contributed by atoms with Gasteiger partial charge < -0.3 is 16.0 Å². The largest absolute Gasteiger partial charge is 0.398 e. The molecule has 1 fully saturated rings. The van der Waals surface area contributed by atoms with Crippen molar-refractivity contribution in [3.8, 4) is 17.2 Å².